The van der Waals surface area contributed by atoms with Crippen molar-refractivity contribution in [3.05, 3.63) is 101 Å². The molecule has 3 amide bonds. The predicted molar refractivity (Wildman–Crippen MR) is 164 cm³/mol. The van der Waals surface area contributed by atoms with Gasteiger partial charge in [0.05, 0.1) is 30.5 Å². The van der Waals surface area contributed by atoms with E-state index in [9.17, 15) is 14.4 Å². The van der Waals surface area contributed by atoms with Gasteiger partial charge < -0.3 is 26.2 Å². The minimum Gasteiger partial charge on any atom is -0.399 e. The number of anilines is 3. The third-order valence-electron chi connectivity index (χ3n) is 7.58. The Bertz CT molecular complexity index is 1640. The Morgan fingerprint density at radius 2 is 1.76 bits per heavy atom. The molecule has 0 radical (unpaired) electrons. The first kappa shape index (κ1) is 28.1. The Morgan fingerprint density at radius 1 is 1.02 bits per heavy atom. The fourth-order valence-corrected chi connectivity index (χ4v) is 5.26. The van der Waals surface area contributed by atoms with Gasteiger partial charge in [-0.3, -0.25) is 14.4 Å². The molecule has 5 rings (SSSR count). The fraction of sp³-hybridized carbons (Fsp3) is 0.219. The Balaban J connectivity index is 1.66. The number of nitrogen functional groups attached to an aromatic ring is 1. The molecule has 0 unspecified atom stereocenters. The standard InChI is InChI=1S/C32H32ClN5O3/c1-19-8-9-21-6-4-5-7-25(21)26(19)17-37-28-15-12-23(33)16-29(28)38(31(40)22-10-13-24(34)14-11-22)18-27(32(37)41)36-30(39)20(2)35-3/h4-16,20,27,35H,17-18,34H2,1-3H3,(H,36,39)/t20-,27-/m0/s1. The van der Waals surface area contributed by atoms with Crippen LogP contribution in [0.3, 0.4) is 0 Å². The summed E-state index contributed by atoms with van der Waals surface area (Å²) in [6.07, 6.45) is 0. The summed E-state index contributed by atoms with van der Waals surface area (Å²) in [6.45, 7) is 3.87. The Kier molecular flexibility index (Phi) is 7.97. The van der Waals surface area contributed by atoms with Crippen LogP contribution < -0.4 is 26.2 Å². The highest BCUT2D eigenvalue weighted by atomic mass is 35.5. The van der Waals surface area contributed by atoms with Crippen LogP contribution in [0.4, 0.5) is 17.1 Å². The molecule has 4 N–H and O–H groups in total. The van der Waals surface area contributed by atoms with Crippen LogP contribution >= 0.6 is 11.6 Å². The number of aryl methyl sites for hydroxylation is 1. The molecule has 4 aromatic carbocycles. The Hall–Kier alpha value is -4.40. The number of nitrogens with two attached hydrogens (primary N) is 1. The molecule has 1 heterocycles. The molecule has 9 heteroatoms. The number of benzene rings is 4. The molecule has 0 saturated carbocycles. The number of hydrogen-bond donors (Lipinski definition) is 3. The van der Waals surface area contributed by atoms with Gasteiger partial charge in [0.2, 0.25) is 5.91 Å². The molecule has 0 aromatic heterocycles. The fourth-order valence-electron chi connectivity index (χ4n) is 5.09. The molecule has 0 saturated heterocycles. The van der Waals surface area contributed by atoms with Gasteiger partial charge in [0.25, 0.3) is 11.8 Å². The van der Waals surface area contributed by atoms with E-state index in [0.717, 1.165) is 21.9 Å². The van der Waals surface area contributed by atoms with Gasteiger partial charge in [-0.25, -0.2) is 0 Å². The normalized spacial score (nSPS) is 15.8. The smallest absolute Gasteiger partial charge is 0.258 e. The summed E-state index contributed by atoms with van der Waals surface area (Å²) in [5.41, 5.74) is 9.78. The van der Waals surface area contributed by atoms with Gasteiger partial charge in [-0.05, 0) is 85.3 Å². The summed E-state index contributed by atoms with van der Waals surface area (Å²) in [5, 5.41) is 8.29. The Labute approximate surface area is 244 Å². The average molecular weight is 570 g/mol. The van der Waals surface area contributed by atoms with E-state index in [-0.39, 0.29) is 30.8 Å². The van der Waals surface area contributed by atoms with E-state index in [1.807, 2.05) is 37.3 Å². The van der Waals surface area contributed by atoms with Crippen molar-refractivity contribution in [2.24, 2.45) is 0 Å². The number of carbonyl (C=O) groups excluding carboxylic acids is 3. The maximum Gasteiger partial charge on any atom is 0.258 e. The molecule has 41 heavy (non-hydrogen) atoms. The second-order valence-corrected chi connectivity index (χ2v) is 10.7. The van der Waals surface area contributed by atoms with Crippen LogP contribution in [0.25, 0.3) is 10.8 Å². The summed E-state index contributed by atoms with van der Waals surface area (Å²) >= 11 is 6.46. The highest BCUT2D eigenvalue weighted by Gasteiger charge is 2.38. The van der Waals surface area contributed by atoms with Gasteiger partial charge in [0.1, 0.15) is 6.04 Å². The molecular formula is C32H32ClN5O3. The number of nitrogens with zero attached hydrogens (tertiary/aromatic N) is 2. The van der Waals surface area contributed by atoms with Gasteiger partial charge in [0.15, 0.2) is 0 Å². The van der Waals surface area contributed by atoms with Gasteiger partial charge in [0, 0.05) is 16.3 Å². The molecule has 1 aliphatic heterocycles. The lowest BCUT2D eigenvalue weighted by Crippen LogP contribution is -2.55. The molecule has 0 bridgehead atoms. The number of fused-ring (bicyclic) bond motifs is 2. The number of likely N-dealkylation sites (N-methyl/N-ethyl adjacent to an activating group) is 1. The first-order chi connectivity index (χ1) is 19.7. The summed E-state index contributed by atoms with van der Waals surface area (Å²) in [6, 6.07) is 22.3. The quantitative estimate of drug-likeness (QED) is 0.293. The highest BCUT2D eigenvalue weighted by Crippen LogP contribution is 2.38. The molecular weight excluding hydrogens is 538 g/mol. The van der Waals surface area contributed by atoms with E-state index >= 15 is 0 Å². The monoisotopic (exact) mass is 569 g/mol. The van der Waals surface area contributed by atoms with Crippen molar-refractivity contribution in [2.75, 3.05) is 29.1 Å². The molecule has 1 aliphatic rings. The largest absolute Gasteiger partial charge is 0.399 e. The summed E-state index contributed by atoms with van der Waals surface area (Å²) in [4.78, 5) is 44.5. The third kappa shape index (κ3) is 5.62. The van der Waals surface area contributed by atoms with E-state index < -0.39 is 12.1 Å². The van der Waals surface area contributed by atoms with Crippen molar-refractivity contribution in [3.63, 3.8) is 0 Å². The van der Waals surface area contributed by atoms with E-state index in [2.05, 4.69) is 16.7 Å². The van der Waals surface area contributed by atoms with Crippen molar-refractivity contribution in [2.45, 2.75) is 32.5 Å². The Morgan fingerprint density at radius 3 is 2.49 bits per heavy atom. The van der Waals surface area contributed by atoms with Crippen LogP contribution in [-0.2, 0) is 16.1 Å². The van der Waals surface area contributed by atoms with Crippen LogP contribution in [0.1, 0.15) is 28.4 Å². The molecule has 2 atom stereocenters. The molecule has 0 spiro atoms. The van der Waals surface area contributed by atoms with Crippen molar-refractivity contribution >= 4 is 57.2 Å². The second-order valence-electron chi connectivity index (χ2n) is 10.2. The number of halogens is 1. The second kappa shape index (κ2) is 11.6. The molecule has 4 aromatic rings. The van der Waals surface area contributed by atoms with Crippen molar-refractivity contribution in [3.8, 4) is 0 Å². The van der Waals surface area contributed by atoms with E-state index in [1.54, 1.807) is 61.3 Å². The minimum absolute atomic E-state index is 0.0808. The number of hydrogen-bond acceptors (Lipinski definition) is 5. The SMILES string of the molecule is CN[C@@H](C)C(=O)N[C@H]1CN(C(=O)c2ccc(N)cc2)c2cc(Cl)ccc2N(Cc2c(C)ccc3ccccc23)C1=O. The van der Waals surface area contributed by atoms with Crippen molar-refractivity contribution < 1.29 is 14.4 Å². The number of amides is 3. The summed E-state index contributed by atoms with van der Waals surface area (Å²) in [5.74, 6) is -1.02. The van der Waals surface area contributed by atoms with E-state index in [0.29, 0.717) is 27.6 Å². The maximum absolute atomic E-state index is 14.3. The zero-order valence-corrected chi connectivity index (χ0v) is 23.9. The van der Waals surface area contributed by atoms with Gasteiger partial charge in [-0.2, -0.15) is 0 Å². The highest BCUT2D eigenvalue weighted by molar-refractivity contribution is 6.31. The first-order valence-corrected chi connectivity index (χ1v) is 13.8. The molecule has 8 nitrogen and oxygen atoms in total. The lowest BCUT2D eigenvalue weighted by molar-refractivity contribution is -0.128. The first-order valence-electron chi connectivity index (χ1n) is 13.4. The van der Waals surface area contributed by atoms with Crippen molar-refractivity contribution in [1.82, 2.24) is 10.6 Å². The van der Waals surface area contributed by atoms with Crippen LogP contribution in [0, 0.1) is 6.92 Å². The zero-order chi connectivity index (χ0) is 29.3. The van der Waals surface area contributed by atoms with Crippen molar-refractivity contribution in [1.29, 1.82) is 0 Å². The van der Waals surface area contributed by atoms with E-state index in [4.69, 9.17) is 17.3 Å². The van der Waals surface area contributed by atoms with Gasteiger partial charge in [-0.15, -0.1) is 0 Å². The average Bonchev–Trinajstić information content (AvgIpc) is 3.08. The zero-order valence-electron chi connectivity index (χ0n) is 23.1. The summed E-state index contributed by atoms with van der Waals surface area (Å²) < 4.78 is 0. The molecule has 0 aliphatic carbocycles. The van der Waals surface area contributed by atoms with Crippen LogP contribution in [0.15, 0.2) is 78.9 Å². The number of rotatable bonds is 6. The predicted octanol–water partition coefficient (Wildman–Crippen LogP) is 4.67. The number of nitrogens with one attached hydrogen (secondary N) is 2. The van der Waals surface area contributed by atoms with Crippen LogP contribution in [-0.4, -0.2) is 43.4 Å². The van der Waals surface area contributed by atoms with Crippen LogP contribution in [0.2, 0.25) is 5.02 Å². The number of carbonyl (C=O) groups is 3. The molecule has 0 fully saturated rings. The van der Waals surface area contributed by atoms with Gasteiger partial charge in [-0.1, -0.05) is 48.0 Å². The molecule has 210 valence electrons. The maximum atomic E-state index is 14.3. The minimum atomic E-state index is -1.02. The topological polar surface area (TPSA) is 108 Å². The third-order valence-corrected chi connectivity index (χ3v) is 7.82. The summed E-state index contributed by atoms with van der Waals surface area (Å²) in [7, 11) is 1.67. The van der Waals surface area contributed by atoms with Crippen LogP contribution in [0.5, 0.6) is 0 Å². The van der Waals surface area contributed by atoms with E-state index in [1.165, 1.54) is 4.90 Å². The lowest BCUT2D eigenvalue weighted by Gasteiger charge is -2.27. The lowest BCUT2D eigenvalue weighted by atomic mass is 9.99. The van der Waals surface area contributed by atoms with Gasteiger partial charge >= 0.3 is 0 Å².